The van der Waals surface area contributed by atoms with E-state index in [1.54, 1.807) is 0 Å². The summed E-state index contributed by atoms with van der Waals surface area (Å²) in [5.74, 6) is 1.12. The van der Waals surface area contributed by atoms with Crippen LogP contribution in [0.2, 0.25) is 0 Å². The molecule has 1 N–H and O–H groups in total. The SMILES string of the molecule is CCCn1c(CNCc2cccc(C)c2)nc2ccccc21. The number of hydrogen-bond donors (Lipinski definition) is 1. The third-order valence-corrected chi connectivity index (χ3v) is 3.88. The highest BCUT2D eigenvalue weighted by molar-refractivity contribution is 5.75. The minimum Gasteiger partial charge on any atom is -0.327 e. The number of rotatable bonds is 6. The summed E-state index contributed by atoms with van der Waals surface area (Å²) < 4.78 is 2.33. The van der Waals surface area contributed by atoms with Crippen molar-refractivity contribution in [2.45, 2.75) is 39.9 Å². The van der Waals surface area contributed by atoms with Gasteiger partial charge in [0.25, 0.3) is 0 Å². The van der Waals surface area contributed by atoms with Crippen molar-refractivity contribution in [1.29, 1.82) is 0 Å². The normalized spacial score (nSPS) is 11.2. The first-order chi connectivity index (χ1) is 10.8. The van der Waals surface area contributed by atoms with E-state index in [-0.39, 0.29) is 0 Å². The summed E-state index contributed by atoms with van der Waals surface area (Å²) in [6, 6.07) is 17.0. The summed E-state index contributed by atoms with van der Waals surface area (Å²) >= 11 is 0. The van der Waals surface area contributed by atoms with Gasteiger partial charge in [-0.3, -0.25) is 0 Å². The highest BCUT2D eigenvalue weighted by Crippen LogP contribution is 2.16. The molecule has 0 spiro atoms. The number of imidazole rings is 1. The van der Waals surface area contributed by atoms with Gasteiger partial charge < -0.3 is 9.88 Å². The van der Waals surface area contributed by atoms with Gasteiger partial charge in [0, 0.05) is 13.1 Å². The van der Waals surface area contributed by atoms with E-state index in [0.717, 1.165) is 37.4 Å². The molecule has 22 heavy (non-hydrogen) atoms. The molecule has 3 nitrogen and oxygen atoms in total. The standard InChI is InChI=1S/C19H23N3/c1-3-11-22-18-10-5-4-9-17(18)21-19(22)14-20-13-16-8-6-7-15(2)12-16/h4-10,12,20H,3,11,13-14H2,1-2H3. The van der Waals surface area contributed by atoms with Gasteiger partial charge in [-0.15, -0.1) is 0 Å². The molecule has 0 aliphatic heterocycles. The third-order valence-electron chi connectivity index (χ3n) is 3.88. The van der Waals surface area contributed by atoms with Gasteiger partial charge in [-0.25, -0.2) is 4.98 Å². The lowest BCUT2D eigenvalue weighted by atomic mass is 10.1. The fourth-order valence-electron chi connectivity index (χ4n) is 2.87. The van der Waals surface area contributed by atoms with Crippen LogP contribution in [-0.4, -0.2) is 9.55 Å². The minimum absolute atomic E-state index is 0.794. The molecule has 0 bridgehead atoms. The largest absolute Gasteiger partial charge is 0.327 e. The molecule has 0 saturated carbocycles. The summed E-state index contributed by atoms with van der Waals surface area (Å²) in [5, 5.41) is 3.52. The van der Waals surface area contributed by atoms with Gasteiger partial charge in [-0.2, -0.15) is 0 Å². The Morgan fingerprint density at radius 1 is 1.05 bits per heavy atom. The lowest BCUT2D eigenvalue weighted by molar-refractivity contribution is 0.598. The van der Waals surface area contributed by atoms with E-state index in [9.17, 15) is 0 Å². The second kappa shape index (κ2) is 6.75. The number of aromatic nitrogens is 2. The number of fused-ring (bicyclic) bond motifs is 1. The van der Waals surface area contributed by atoms with Crippen molar-refractivity contribution in [3.63, 3.8) is 0 Å². The maximum atomic E-state index is 4.78. The van der Waals surface area contributed by atoms with Gasteiger partial charge >= 0.3 is 0 Å². The van der Waals surface area contributed by atoms with Crippen LogP contribution in [0, 0.1) is 6.92 Å². The van der Waals surface area contributed by atoms with Gasteiger partial charge in [-0.05, 0) is 31.0 Å². The zero-order valence-electron chi connectivity index (χ0n) is 13.3. The van der Waals surface area contributed by atoms with Crippen molar-refractivity contribution < 1.29 is 0 Å². The van der Waals surface area contributed by atoms with Crippen LogP contribution in [0.1, 0.15) is 30.3 Å². The van der Waals surface area contributed by atoms with Crippen molar-refractivity contribution in [2.24, 2.45) is 0 Å². The van der Waals surface area contributed by atoms with Crippen LogP contribution >= 0.6 is 0 Å². The fraction of sp³-hybridized carbons (Fsp3) is 0.316. The molecule has 0 fully saturated rings. The van der Waals surface area contributed by atoms with Gasteiger partial charge in [-0.1, -0.05) is 48.9 Å². The second-order valence-corrected chi connectivity index (χ2v) is 5.76. The zero-order valence-corrected chi connectivity index (χ0v) is 13.3. The first kappa shape index (κ1) is 14.8. The summed E-state index contributed by atoms with van der Waals surface area (Å²) in [4.78, 5) is 4.78. The first-order valence-corrected chi connectivity index (χ1v) is 7.98. The predicted molar refractivity (Wildman–Crippen MR) is 91.7 cm³/mol. The number of hydrogen-bond acceptors (Lipinski definition) is 2. The Labute approximate surface area is 132 Å². The number of para-hydroxylation sites is 2. The van der Waals surface area contributed by atoms with Crippen LogP contribution in [0.25, 0.3) is 11.0 Å². The minimum atomic E-state index is 0.794. The molecule has 0 saturated heterocycles. The molecule has 0 atom stereocenters. The molecule has 0 amide bonds. The topological polar surface area (TPSA) is 29.9 Å². The maximum absolute atomic E-state index is 4.78. The summed E-state index contributed by atoms with van der Waals surface area (Å²) in [7, 11) is 0. The zero-order chi connectivity index (χ0) is 15.4. The molecule has 114 valence electrons. The number of nitrogens with zero attached hydrogens (tertiary/aromatic N) is 2. The second-order valence-electron chi connectivity index (χ2n) is 5.76. The molecular formula is C19H23N3. The molecule has 1 aromatic heterocycles. The highest BCUT2D eigenvalue weighted by Gasteiger charge is 2.09. The molecule has 2 aromatic carbocycles. The number of nitrogens with one attached hydrogen (secondary N) is 1. The van der Waals surface area contributed by atoms with E-state index in [2.05, 4.69) is 72.3 Å². The Morgan fingerprint density at radius 3 is 2.73 bits per heavy atom. The molecule has 3 rings (SSSR count). The van der Waals surface area contributed by atoms with Crippen molar-refractivity contribution in [1.82, 2.24) is 14.9 Å². The van der Waals surface area contributed by atoms with Crippen LogP contribution < -0.4 is 5.32 Å². The van der Waals surface area contributed by atoms with Crippen LogP contribution in [0.3, 0.4) is 0 Å². The Balaban J connectivity index is 1.74. The monoisotopic (exact) mass is 293 g/mol. The first-order valence-electron chi connectivity index (χ1n) is 7.98. The molecule has 1 heterocycles. The van der Waals surface area contributed by atoms with E-state index >= 15 is 0 Å². The Hall–Kier alpha value is -2.13. The lowest BCUT2D eigenvalue weighted by Gasteiger charge is -2.09. The smallest absolute Gasteiger partial charge is 0.123 e. The van der Waals surface area contributed by atoms with E-state index in [0.29, 0.717) is 0 Å². The molecule has 3 aromatic rings. The van der Waals surface area contributed by atoms with Crippen LogP contribution in [0.4, 0.5) is 0 Å². The molecule has 0 aliphatic rings. The van der Waals surface area contributed by atoms with E-state index in [4.69, 9.17) is 4.98 Å². The van der Waals surface area contributed by atoms with Crippen molar-refractivity contribution in [2.75, 3.05) is 0 Å². The van der Waals surface area contributed by atoms with Gasteiger partial charge in [0.1, 0.15) is 5.82 Å². The molecule has 0 unspecified atom stereocenters. The molecular weight excluding hydrogens is 270 g/mol. The maximum Gasteiger partial charge on any atom is 0.123 e. The van der Waals surface area contributed by atoms with Gasteiger partial charge in [0.2, 0.25) is 0 Å². The van der Waals surface area contributed by atoms with Crippen molar-refractivity contribution in [3.05, 3.63) is 65.5 Å². The molecule has 3 heteroatoms. The Bertz CT molecular complexity index is 758. The van der Waals surface area contributed by atoms with E-state index in [1.807, 2.05) is 0 Å². The molecule has 0 aliphatic carbocycles. The Morgan fingerprint density at radius 2 is 1.91 bits per heavy atom. The van der Waals surface area contributed by atoms with E-state index < -0.39 is 0 Å². The van der Waals surface area contributed by atoms with Crippen molar-refractivity contribution in [3.8, 4) is 0 Å². The Kier molecular flexibility index (Phi) is 4.54. The summed E-state index contributed by atoms with van der Waals surface area (Å²) in [6.45, 7) is 7.02. The quantitative estimate of drug-likeness (QED) is 0.743. The third kappa shape index (κ3) is 3.20. The van der Waals surface area contributed by atoms with Crippen LogP contribution in [0.15, 0.2) is 48.5 Å². The van der Waals surface area contributed by atoms with Crippen LogP contribution in [-0.2, 0) is 19.6 Å². The number of benzene rings is 2. The van der Waals surface area contributed by atoms with Gasteiger partial charge in [0.05, 0.1) is 17.6 Å². The fourth-order valence-corrected chi connectivity index (χ4v) is 2.87. The average Bonchev–Trinajstić information content (AvgIpc) is 2.86. The van der Waals surface area contributed by atoms with Crippen molar-refractivity contribution >= 4 is 11.0 Å². The van der Waals surface area contributed by atoms with E-state index in [1.165, 1.54) is 16.6 Å². The lowest BCUT2D eigenvalue weighted by Crippen LogP contribution is -2.17. The predicted octanol–water partition coefficient (Wildman–Crippen LogP) is 4.04. The average molecular weight is 293 g/mol. The number of aryl methyl sites for hydroxylation is 2. The highest BCUT2D eigenvalue weighted by atomic mass is 15.1. The summed E-state index contributed by atoms with van der Waals surface area (Å²) in [6.07, 6.45) is 1.12. The van der Waals surface area contributed by atoms with Gasteiger partial charge in [0.15, 0.2) is 0 Å². The van der Waals surface area contributed by atoms with Crippen LogP contribution in [0.5, 0.6) is 0 Å². The summed E-state index contributed by atoms with van der Waals surface area (Å²) in [5.41, 5.74) is 4.94. The molecule has 0 radical (unpaired) electrons.